The molecule has 1 saturated heterocycles. The molecule has 1 aliphatic heterocycles. The van der Waals surface area contributed by atoms with E-state index in [1.165, 1.54) is 18.3 Å². The molecule has 0 spiro atoms. The summed E-state index contributed by atoms with van der Waals surface area (Å²) in [5, 5.41) is 14.9. The van der Waals surface area contributed by atoms with Gasteiger partial charge >= 0.3 is 0 Å². The summed E-state index contributed by atoms with van der Waals surface area (Å²) in [6.45, 7) is 1.62. The first-order valence-corrected chi connectivity index (χ1v) is 9.36. The molecule has 1 fully saturated rings. The smallest absolute Gasteiger partial charge is 0.260 e. The summed E-state index contributed by atoms with van der Waals surface area (Å²) in [6.07, 6.45) is 3.64. The van der Waals surface area contributed by atoms with Crippen LogP contribution in [-0.4, -0.2) is 67.7 Å². The number of pyridine rings is 1. The number of phenols is 1. The van der Waals surface area contributed by atoms with Crippen molar-refractivity contribution in [1.29, 1.82) is 0 Å². The van der Waals surface area contributed by atoms with E-state index in [-0.39, 0.29) is 23.1 Å². The number of carbonyl (C=O) groups excluding carboxylic acids is 2. The fourth-order valence-corrected chi connectivity index (χ4v) is 3.62. The normalized spacial score (nSPS) is 14.8. The van der Waals surface area contributed by atoms with Gasteiger partial charge in [0.2, 0.25) is 0 Å². The van der Waals surface area contributed by atoms with Crippen molar-refractivity contribution in [2.45, 2.75) is 6.42 Å². The van der Waals surface area contributed by atoms with Gasteiger partial charge < -0.3 is 19.9 Å². The number of nitrogens with zero attached hydrogens (tertiary/aromatic N) is 4. The van der Waals surface area contributed by atoms with E-state index in [0.29, 0.717) is 49.1 Å². The number of carbonyl (C=O) groups is 2. The van der Waals surface area contributed by atoms with Crippen molar-refractivity contribution in [2.24, 2.45) is 7.05 Å². The van der Waals surface area contributed by atoms with Crippen LogP contribution in [0.15, 0.2) is 41.5 Å². The molecule has 150 valence electrons. The fourth-order valence-electron chi connectivity index (χ4n) is 3.62. The van der Waals surface area contributed by atoms with Gasteiger partial charge in [-0.2, -0.15) is 5.10 Å². The lowest BCUT2D eigenvalue weighted by Crippen LogP contribution is -2.39. The molecule has 29 heavy (non-hydrogen) atoms. The zero-order valence-corrected chi connectivity index (χ0v) is 16.0. The number of aromatic amines is 1. The molecule has 9 heteroatoms. The topological polar surface area (TPSA) is 112 Å². The molecule has 0 radical (unpaired) electrons. The van der Waals surface area contributed by atoms with Crippen LogP contribution < -0.4 is 5.56 Å². The number of rotatable bonds is 2. The largest absolute Gasteiger partial charge is 0.507 e. The maximum atomic E-state index is 13.0. The Balaban J connectivity index is 1.52. The third kappa shape index (κ3) is 3.46. The van der Waals surface area contributed by atoms with Crippen LogP contribution in [0.4, 0.5) is 0 Å². The average molecular weight is 395 g/mol. The molecular weight excluding hydrogens is 374 g/mol. The number of aromatic nitrogens is 3. The molecule has 3 heterocycles. The molecule has 0 bridgehead atoms. The molecule has 2 amide bonds. The minimum atomic E-state index is -0.422. The summed E-state index contributed by atoms with van der Waals surface area (Å²) in [4.78, 5) is 43.4. The quantitative estimate of drug-likeness (QED) is 0.671. The lowest BCUT2D eigenvalue weighted by Gasteiger charge is -2.22. The number of hydrogen-bond acceptors (Lipinski definition) is 5. The van der Waals surface area contributed by atoms with Crippen molar-refractivity contribution >= 4 is 22.7 Å². The highest BCUT2D eigenvalue weighted by atomic mass is 16.3. The van der Waals surface area contributed by atoms with Crippen molar-refractivity contribution in [1.82, 2.24) is 24.6 Å². The standard InChI is InChI=1S/C20H21N5O4/c1-23-16-10-13(11-17(26)15(16)12-22-23)19(28)24-6-3-7-25(9-8-24)20(29)14-4-2-5-21-18(14)27/h2,4-5,10-12,26H,3,6-9H2,1H3,(H,21,27). The third-order valence-electron chi connectivity index (χ3n) is 5.21. The van der Waals surface area contributed by atoms with Gasteiger partial charge in [-0.15, -0.1) is 0 Å². The van der Waals surface area contributed by atoms with Gasteiger partial charge in [-0.05, 0) is 30.7 Å². The Labute approximate surface area is 166 Å². The van der Waals surface area contributed by atoms with Crippen molar-refractivity contribution in [3.8, 4) is 5.75 Å². The van der Waals surface area contributed by atoms with Gasteiger partial charge in [0.15, 0.2) is 0 Å². The van der Waals surface area contributed by atoms with Crippen molar-refractivity contribution < 1.29 is 14.7 Å². The van der Waals surface area contributed by atoms with Gasteiger partial charge in [0.05, 0.1) is 17.1 Å². The van der Waals surface area contributed by atoms with Gasteiger partial charge in [-0.1, -0.05) is 0 Å². The van der Waals surface area contributed by atoms with E-state index < -0.39 is 5.56 Å². The van der Waals surface area contributed by atoms with Gasteiger partial charge in [-0.25, -0.2) is 0 Å². The predicted octanol–water partition coefficient (Wildman–Crippen LogP) is 0.955. The average Bonchev–Trinajstić information content (AvgIpc) is 2.94. The number of aromatic hydroxyl groups is 1. The first-order chi connectivity index (χ1) is 14.0. The number of fused-ring (bicyclic) bond motifs is 1. The number of aryl methyl sites for hydroxylation is 1. The highest BCUT2D eigenvalue weighted by molar-refractivity contribution is 6.00. The number of nitrogens with one attached hydrogen (secondary N) is 1. The second kappa shape index (κ2) is 7.42. The Bertz CT molecular complexity index is 1150. The molecule has 1 aliphatic rings. The predicted molar refractivity (Wildman–Crippen MR) is 106 cm³/mol. The van der Waals surface area contributed by atoms with Crippen molar-refractivity contribution in [3.05, 3.63) is 58.1 Å². The summed E-state index contributed by atoms with van der Waals surface area (Å²) in [6, 6.07) is 6.27. The van der Waals surface area contributed by atoms with Crippen LogP contribution in [0.3, 0.4) is 0 Å². The van der Waals surface area contributed by atoms with E-state index in [1.54, 1.807) is 39.9 Å². The molecule has 2 N–H and O–H groups in total. The SMILES string of the molecule is Cn1ncc2c(O)cc(C(=O)N3CCCN(C(=O)c4ccc[nH]c4=O)CC3)cc21. The summed E-state index contributed by atoms with van der Waals surface area (Å²) in [5.41, 5.74) is 0.717. The van der Waals surface area contributed by atoms with Crippen LogP contribution in [0, 0.1) is 0 Å². The highest BCUT2D eigenvalue weighted by Gasteiger charge is 2.25. The van der Waals surface area contributed by atoms with E-state index in [2.05, 4.69) is 10.1 Å². The first-order valence-electron chi connectivity index (χ1n) is 9.36. The van der Waals surface area contributed by atoms with Crippen LogP contribution in [0.25, 0.3) is 10.9 Å². The maximum absolute atomic E-state index is 13.0. The number of benzene rings is 1. The summed E-state index contributed by atoms with van der Waals surface area (Å²) in [7, 11) is 1.75. The molecule has 2 aromatic heterocycles. The summed E-state index contributed by atoms with van der Waals surface area (Å²) >= 11 is 0. The molecule has 4 rings (SSSR count). The summed E-state index contributed by atoms with van der Waals surface area (Å²) < 4.78 is 1.60. The second-order valence-electron chi connectivity index (χ2n) is 7.05. The Morgan fingerprint density at radius 3 is 2.55 bits per heavy atom. The molecule has 0 aliphatic carbocycles. The van der Waals surface area contributed by atoms with E-state index >= 15 is 0 Å². The highest BCUT2D eigenvalue weighted by Crippen LogP contribution is 2.26. The molecule has 3 aromatic rings. The van der Waals surface area contributed by atoms with Crippen LogP contribution in [0.1, 0.15) is 27.1 Å². The lowest BCUT2D eigenvalue weighted by molar-refractivity contribution is 0.0717. The molecule has 0 saturated carbocycles. The van der Waals surface area contributed by atoms with Gasteiger partial charge in [0.25, 0.3) is 17.4 Å². The molecule has 0 atom stereocenters. The minimum Gasteiger partial charge on any atom is -0.507 e. The Morgan fingerprint density at radius 2 is 1.83 bits per heavy atom. The van der Waals surface area contributed by atoms with E-state index in [9.17, 15) is 19.5 Å². The van der Waals surface area contributed by atoms with Crippen LogP contribution in [0.5, 0.6) is 5.75 Å². The van der Waals surface area contributed by atoms with Gasteiger partial charge in [0.1, 0.15) is 11.3 Å². The fraction of sp³-hybridized carbons (Fsp3) is 0.300. The maximum Gasteiger partial charge on any atom is 0.260 e. The molecular formula is C20H21N5O4. The molecule has 9 nitrogen and oxygen atoms in total. The Morgan fingerprint density at radius 1 is 1.10 bits per heavy atom. The van der Waals surface area contributed by atoms with Crippen LogP contribution >= 0.6 is 0 Å². The van der Waals surface area contributed by atoms with Crippen molar-refractivity contribution in [3.63, 3.8) is 0 Å². The van der Waals surface area contributed by atoms with Gasteiger partial charge in [0, 0.05) is 45.0 Å². The zero-order chi connectivity index (χ0) is 20.5. The Kier molecular flexibility index (Phi) is 4.79. The second-order valence-corrected chi connectivity index (χ2v) is 7.05. The first kappa shape index (κ1) is 18.7. The monoisotopic (exact) mass is 395 g/mol. The number of phenolic OH excluding ortho intramolecular Hbond substituents is 1. The number of amides is 2. The summed E-state index contributed by atoms with van der Waals surface area (Å²) in [5.74, 6) is -0.542. The number of hydrogen-bond donors (Lipinski definition) is 2. The third-order valence-corrected chi connectivity index (χ3v) is 5.21. The van der Waals surface area contributed by atoms with E-state index in [0.717, 1.165) is 0 Å². The molecule has 0 unspecified atom stereocenters. The van der Waals surface area contributed by atoms with Gasteiger partial charge in [-0.3, -0.25) is 19.1 Å². The van der Waals surface area contributed by atoms with E-state index in [4.69, 9.17) is 0 Å². The lowest BCUT2D eigenvalue weighted by atomic mass is 10.1. The zero-order valence-electron chi connectivity index (χ0n) is 16.0. The Hall–Kier alpha value is -3.62. The minimum absolute atomic E-state index is 0.00822. The van der Waals surface area contributed by atoms with E-state index in [1.807, 2.05) is 0 Å². The van der Waals surface area contributed by atoms with Crippen molar-refractivity contribution in [2.75, 3.05) is 26.2 Å². The number of H-pyrrole nitrogens is 1. The van der Waals surface area contributed by atoms with Crippen LogP contribution in [-0.2, 0) is 7.05 Å². The van der Waals surface area contributed by atoms with Crippen LogP contribution in [0.2, 0.25) is 0 Å². The molecule has 1 aromatic carbocycles.